The number of ether oxygens (including phenoxy) is 1. The van der Waals surface area contributed by atoms with Crippen LogP contribution < -0.4 is 39.4 Å². The van der Waals surface area contributed by atoms with E-state index in [1.54, 1.807) is 32.3 Å². The van der Waals surface area contributed by atoms with Crippen LogP contribution in [-0.4, -0.2) is 43.8 Å². The maximum Gasteiger partial charge on any atom is -1.00 e. The van der Waals surface area contributed by atoms with Crippen LogP contribution in [0.4, 0.5) is 11.4 Å². The topological polar surface area (TPSA) is 53.1 Å². The molecule has 234 valence electrons. The SMILES string of the molecule is Cc1cc(C)c(N2CC(=Cc3cc(S(=O)(=O)N(C)C)ccc3OC(C)C)N(c3c(C)cc(C)cc3C)[C]2=[Ru+2])c(C)c1.[Cl-].[Cl-]. The first-order valence-corrected chi connectivity index (χ1v) is 16.1. The molecule has 0 saturated carbocycles. The van der Waals surface area contributed by atoms with Crippen molar-refractivity contribution in [2.45, 2.75) is 66.4 Å². The standard InChI is InChI=1S/C33H41N3O3S.2ClH.Ru/c1-21(2)39-31-12-11-30(40(37,38)34(9)10)18-28(31)17-29-19-35(32-24(5)13-22(3)14-25(32)6)20-36(29)33-26(7)15-23(4)16-27(33)8;;;/h11-18,21H,19H2,1-10H3;2*1H;/q;;;+2/p-2. The molecule has 1 heterocycles. The quantitative estimate of drug-likeness (QED) is 0.334. The Morgan fingerprint density at radius 2 is 1.33 bits per heavy atom. The first-order chi connectivity index (χ1) is 19.1. The Labute approximate surface area is 280 Å². The van der Waals surface area contributed by atoms with Gasteiger partial charge in [0.25, 0.3) is 0 Å². The van der Waals surface area contributed by atoms with Crippen molar-refractivity contribution in [2.75, 3.05) is 30.4 Å². The molecule has 4 rings (SSSR count). The number of rotatable bonds is 7. The molecule has 0 atom stereocenters. The molecule has 0 amide bonds. The molecule has 1 fully saturated rings. The number of benzene rings is 3. The molecule has 0 unspecified atom stereocenters. The molecule has 43 heavy (non-hydrogen) atoms. The first-order valence-electron chi connectivity index (χ1n) is 13.8. The summed E-state index contributed by atoms with van der Waals surface area (Å²) in [5.41, 5.74) is 11.3. The van der Waals surface area contributed by atoms with E-state index in [4.69, 9.17) is 4.74 Å². The number of aryl methyl sites for hydroxylation is 6. The van der Waals surface area contributed by atoms with Gasteiger partial charge in [-0.1, -0.05) is 0 Å². The fourth-order valence-corrected chi connectivity index (χ4v) is 7.43. The van der Waals surface area contributed by atoms with Crippen LogP contribution in [-0.2, 0) is 27.9 Å². The van der Waals surface area contributed by atoms with Crippen molar-refractivity contribution in [1.82, 2.24) is 4.31 Å². The summed E-state index contributed by atoms with van der Waals surface area (Å²) >= 11 is 2.85. The summed E-state index contributed by atoms with van der Waals surface area (Å²) in [6.07, 6.45) is 2.01. The summed E-state index contributed by atoms with van der Waals surface area (Å²) in [7, 11) is -0.527. The second-order valence-corrected chi connectivity index (χ2v) is 14.4. The van der Waals surface area contributed by atoms with Crippen molar-refractivity contribution < 1.29 is 55.8 Å². The van der Waals surface area contributed by atoms with Gasteiger partial charge in [-0.3, -0.25) is 0 Å². The molecule has 3 aromatic rings. The zero-order chi connectivity index (χ0) is 30.4. The minimum absolute atomic E-state index is 0. The summed E-state index contributed by atoms with van der Waals surface area (Å²) in [6.45, 7) is 17.4. The van der Waals surface area contributed by atoms with Gasteiger partial charge in [0, 0.05) is 0 Å². The summed E-state index contributed by atoms with van der Waals surface area (Å²) in [4.78, 5) is 4.87. The monoisotopic (exact) mass is 731 g/mol. The third-order valence-electron chi connectivity index (χ3n) is 7.21. The third kappa shape index (κ3) is 7.54. The molecule has 6 nitrogen and oxygen atoms in total. The molecule has 1 aliphatic heterocycles. The van der Waals surface area contributed by atoms with E-state index >= 15 is 0 Å². The van der Waals surface area contributed by atoms with Gasteiger partial charge in [0.05, 0.1) is 0 Å². The number of nitrogens with zero attached hydrogens (tertiary/aromatic N) is 3. The van der Waals surface area contributed by atoms with E-state index in [2.05, 4.69) is 99.5 Å². The molecule has 3 aromatic carbocycles. The maximum absolute atomic E-state index is 13.1. The van der Waals surface area contributed by atoms with E-state index in [0.717, 1.165) is 21.3 Å². The van der Waals surface area contributed by atoms with E-state index in [9.17, 15) is 8.42 Å². The van der Waals surface area contributed by atoms with E-state index in [-0.39, 0.29) is 35.8 Å². The van der Waals surface area contributed by atoms with Crippen LogP contribution in [0.15, 0.2) is 53.1 Å². The maximum atomic E-state index is 13.1. The predicted octanol–water partition coefficient (Wildman–Crippen LogP) is 0.585. The van der Waals surface area contributed by atoms with Crippen molar-refractivity contribution in [3.8, 4) is 5.75 Å². The van der Waals surface area contributed by atoms with Crippen LogP contribution >= 0.6 is 0 Å². The van der Waals surface area contributed by atoms with Crippen LogP contribution in [0.5, 0.6) is 5.75 Å². The van der Waals surface area contributed by atoms with Crippen LogP contribution in [0.1, 0.15) is 52.8 Å². The molecule has 10 heteroatoms. The minimum Gasteiger partial charge on any atom is -1.00 e. The second-order valence-electron chi connectivity index (χ2n) is 11.5. The average molecular weight is 732 g/mol. The molecule has 0 aliphatic carbocycles. The van der Waals surface area contributed by atoms with Gasteiger partial charge in [-0.25, -0.2) is 0 Å². The Kier molecular flexibility index (Phi) is 12.3. The van der Waals surface area contributed by atoms with Gasteiger partial charge in [0.1, 0.15) is 0 Å². The minimum atomic E-state index is -3.63. The van der Waals surface area contributed by atoms with Crippen molar-refractivity contribution in [1.29, 1.82) is 0 Å². The van der Waals surface area contributed by atoms with E-state index in [0.29, 0.717) is 12.3 Å². The summed E-state index contributed by atoms with van der Waals surface area (Å²) in [5.74, 6) is 0.648. The number of hydrogen-bond acceptors (Lipinski definition) is 5. The largest absolute Gasteiger partial charge is 1.00 e. The molecule has 0 spiro atoms. The van der Waals surface area contributed by atoms with E-state index in [1.165, 1.54) is 43.4 Å². The third-order valence-corrected chi connectivity index (χ3v) is 9.88. The van der Waals surface area contributed by atoms with Gasteiger partial charge in [-0.2, -0.15) is 0 Å². The number of halogens is 2. The molecule has 0 N–H and O–H groups in total. The fourth-order valence-electron chi connectivity index (χ4n) is 5.72. The smallest absolute Gasteiger partial charge is 1.00 e. The Morgan fingerprint density at radius 1 is 0.837 bits per heavy atom. The first kappa shape index (κ1) is 37.0. The average Bonchev–Trinajstić information content (AvgIpc) is 3.13. The van der Waals surface area contributed by atoms with Gasteiger partial charge < -0.3 is 24.8 Å². The zero-order valence-electron chi connectivity index (χ0n) is 26.5. The molecular weight excluding hydrogens is 690 g/mol. The molecule has 0 aromatic heterocycles. The Morgan fingerprint density at radius 3 is 1.79 bits per heavy atom. The Balaban J connectivity index is 0.00000323. The Hall–Kier alpha value is -2.22. The number of hydrogen-bond donors (Lipinski definition) is 0. The molecule has 1 aliphatic rings. The van der Waals surface area contributed by atoms with Gasteiger partial charge >= 0.3 is 257 Å². The molecule has 0 bridgehead atoms. The van der Waals surface area contributed by atoms with Gasteiger partial charge in [0.2, 0.25) is 0 Å². The van der Waals surface area contributed by atoms with Crippen molar-refractivity contribution >= 4 is 31.8 Å². The van der Waals surface area contributed by atoms with Crippen LogP contribution in [0.3, 0.4) is 0 Å². The van der Waals surface area contributed by atoms with Gasteiger partial charge in [0.15, 0.2) is 0 Å². The van der Waals surface area contributed by atoms with Gasteiger partial charge in [-0.15, -0.1) is 0 Å². The molecular formula is C33H41Cl2N3O3RuS. The molecule has 1 saturated heterocycles. The van der Waals surface area contributed by atoms with Crippen LogP contribution in [0, 0.1) is 41.5 Å². The van der Waals surface area contributed by atoms with Crippen molar-refractivity contribution in [3.05, 3.63) is 87.1 Å². The van der Waals surface area contributed by atoms with E-state index < -0.39 is 10.0 Å². The van der Waals surface area contributed by atoms with Gasteiger partial charge in [-0.05, 0) is 0 Å². The predicted molar refractivity (Wildman–Crippen MR) is 167 cm³/mol. The van der Waals surface area contributed by atoms with Crippen molar-refractivity contribution in [3.63, 3.8) is 0 Å². The summed E-state index contributed by atoms with van der Waals surface area (Å²) in [5, 5.41) is 0. The van der Waals surface area contributed by atoms with E-state index in [1.807, 2.05) is 13.8 Å². The van der Waals surface area contributed by atoms with Crippen molar-refractivity contribution in [2.24, 2.45) is 0 Å². The normalized spacial score (nSPS) is 14.4. The number of anilines is 2. The second kappa shape index (κ2) is 14.3. The van der Waals surface area contributed by atoms with Crippen LogP contribution in [0.25, 0.3) is 6.08 Å². The molecule has 0 radical (unpaired) electrons. The zero-order valence-corrected chi connectivity index (χ0v) is 30.6. The summed E-state index contributed by atoms with van der Waals surface area (Å²) in [6, 6.07) is 14.0. The summed E-state index contributed by atoms with van der Waals surface area (Å²) < 4.78 is 34.6. The number of sulfonamides is 1. The van der Waals surface area contributed by atoms with Crippen LogP contribution in [0.2, 0.25) is 0 Å². The fraction of sp³-hybridized carbons (Fsp3) is 0.364. The Bertz CT molecular complexity index is 1620.